The van der Waals surface area contributed by atoms with Crippen LogP contribution < -0.4 is 11.5 Å². The number of amides is 1. The molecule has 1 unspecified atom stereocenters. The minimum absolute atomic E-state index is 0.286. The van der Waals surface area contributed by atoms with Crippen LogP contribution in [0.5, 0.6) is 0 Å². The SMILES string of the molecule is NC(=O)C(N)(CN1CCCOCC1)C1CC1. The molecule has 1 amide bonds. The van der Waals surface area contributed by atoms with Crippen molar-refractivity contribution in [2.75, 3.05) is 32.8 Å². The largest absolute Gasteiger partial charge is 0.380 e. The van der Waals surface area contributed by atoms with Crippen LogP contribution in [0.1, 0.15) is 19.3 Å². The summed E-state index contributed by atoms with van der Waals surface area (Å²) in [7, 11) is 0. The van der Waals surface area contributed by atoms with Gasteiger partial charge in [0.05, 0.1) is 6.61 Å². The van der Waals surface area contributed by atoms with Gasteiger partial charge in [0.15, 0.2) is 0 Å². The highest BCUT2D eigenvalue weighted by Crippen LogP contribution is 2.38. The monoisotopic (exact) mass is 227 g/mol. The van der Waals surface area contributed by atoms with E-state index in [1.165, 1.54) is 0 Å². The molecule has 2 fully saturated rings. The fourth-order valence-electron chi connectivity index (χ4n) is 2.33. The van der Waals surface area contributed by atoms with Crippen molar-refractivity contribution in [2.45, 2.75) is 24.8 Å². The summed E-state index contributed by atoms with van der Waals surface area (Å²) in [5, 5.41) is 0. The molecule has 1 heterocycles. The first-order valence-electron chi connectivity index (χ1n) is 6.02. The summed E-state index contributed by atoms with van der Waals surface area (Å²) in [6.07, 6.45) is 3.06. The van der Waals surface area contributed by atoms with Gasteiger partial charge in [0.1, 0.15) is 5.54 Å². The molecule has 16 heavy (non-hydrogen) atoms. The lowest BCUT2D eigenvalue weighted by Gasteiger charge is -2.32. The summed E-state index contributed by atoms with van der Waals surface area (Å²) >= 11 is 0. The second kappa shape index (κ2) is 4.69. The van der Waals surface area contributed by atoms with E-state index in [4.69, 9.17) is 16.2 Å². The van der Waals surface area contributed by atoms with Crippen LogP contribution in [0.3, 0.4) is 0 Å². The highest BCUT2D eigenvalue weighted by molar-refractivity contribution is 5.85. The van der Waals surface area contributed by atoms with E-state index in [0.717, 1.165) is 45.6 Å². The Morgan fingerprint density at radius 3 is 2.75 bits per heavy atom. The number of carbonyl (C=O) groups excluding carboxylic acids is 1. The molecule has 92 valence electrons. The lowest BCUT2D eigenvalue weighted by molar-refractivity contribution is -0.124. The summed E-state index contributed by atoms with van der Waals surface area (Å²) in [6, 6.07) is 0. The highest BCUT2D eigenvalue weighted by Gasteiger charge is 2.47. The molecular formula is C11H21N3O2. The number of rotatable bonds is 4. The van der Waals surface area contributed by atoms with Crippen molar-refractivity contribution >= 4 is 5.91 Å². The predicted molar refractivity (Wildman–Crippen MR) is 60.7 cm³/mol. The van der Waals surface area contributed by atoms with Crippen molar-refractivity contribution in [1.29, 1.82) is 0 Å². The molecule has 1 aliphatic heterocycles. The summed E-state index contributed by atoms with van der Waals surface area (Å²) in [5.74, 6) is -0.0747. The van der Waals surface area contributed by atoms with Gasteiger partial charge in [0.2, 0.25) is 5.91 Å². The third kappa shape index (κ3) is 2.53. The summed E-state index contributed by atoms with van der Waals surface area (Å²) in [4.78, 5) is 13.7. The van der Waals surface area contributed by atoms with Gasteiger partial charge >= 0.3 is 0 Å². The Kier molecular flexibility index (Phi) is 3.47. The van der Waals surface area contributed by atoms with Crippen molar-refractivity contribution in [2.24, 2.45) is 17.4 Å². The number of carbonyl (C=O) groups is 1. The van der Waals surface area contributed by atoms with Gasteiger partial charge in [-0.25, -0.2) is 0 Å². The molecule has 0 aromatic heterocycles. The van der Waals surface area contributed by atoms with Crippen LogP contribution in [-0.4, -0.2) is 49.2 Å². The second-order valence-electron chi connectivity index (χ2n) is 4.92. The van der Waals surface area contributed by atoms with Gasteiger partial charge in [-0.15, -0.1) is 0 Å². The highest BCUT2D eigenvalue weighted by atomic mass is 16.5. The number of hydrogen-bond acceptors (Lipinski definition) is 4. The Balaban J connectivity index is 1.96. The van der Waals surface area contributed by atoms with Crippen LogP contribution in [0.2, 0.25) is 0 Å². The number of nitrogens with two attached hydrogens (primary N) is 2. The Morgan fingerprint density at radius 1 is 1.38 bits per heavy atom. The molecule has 5 heteroatoms. The minimum atomic E-state index is -0.829. The zero-order valence-electron chi connectivity index (χ0n) is 9.65. The molecular weight excluding hydrogens is 206 g/mol. The topological polar surface area (TPSA) is 81.6 Å². The Hall–Kier alpha value is -0.650. The summed E-state index contributed by atoms with van der Waals surface area (Å²) in [5.41, 5.74) is 10.8. The fourth-order valence-corrected chi connectivity index (χ4v) is 2.33. The third-order valence-electron chi connectivity index (χ3n) is 3.56. The molecule has 2 rings (SSSR count). The lowest BCUT2D eigenvalue weighted by atomic mass is 9.93. The van der Waals surface area contributed by atoms with E-state index < -0.39 is 5.54 Å². The maximum atomic E-state index is 11.5. The zero-order valence-corrected chi connectivity index (χ0v) is 9.65. The van der Waals surface area contributed by atoms with Gasteiger partial charge in [-0.1, -0.05) is 0 Å². The van der Waals surface area contributed by atoms with E-state index in [2.05, 4.69) is 4.90 Å². The lowest BCUT2D eigenvalue weighted by Crippen LogP contribution is -2.60. The molecule has 1 aliphatic carbocycles. The van der Waals surface area contributed by atoms with E-state index in [1.54, 1.807) is 0 Å². The quantitative estimate of drug-likeness (QED) is 0.665. The number of nitrogens with zero attached hydrogens (tertiary/aromatic N) is 1. The number of primary amides is 1. The van der Waals surface area contributed by atoms with Gasteiger partial charge in [-0.2, -0.15) is 0 Å². The molecule has 1 saturated heterocycles. The van der Waals surface area contributed by atoms with Crippen molar-refractivity contribution in [1.82, 2.24) is 4.90 Å². The van der Waals surface area contributed by atoms with Crippen molar-refractivity contribution in [3.63, 3.8) is 0 Å². The Labute approximate surface area is 96.1 Å². The average Bonchev–Trinajstić information content (AvgIpc) is 3.05. The Bertz CT molecular complexity index is 260. The normalized spacial score (nSPS) is 27.1. The molecule has 1 saturated carbocycles. The van der Waals surface area contributed by atoms with E-state index in [0.29, 0.717) is 6.54 Å². The number of ether oxygens (including phenoxy) is 1. The maximum absolute atomic E-state index is 11.5. The fraction of sp³-hybridized carbons (Fsp3) is 0.909. The molecule has 0 radical (unpaired) electrons. The van der Waals surface area contributed by atoms with Gasteiger partial charge in [-0.3, -0.25) is 9.69 Å². The smallest absolute Gasteiger partial charge is 0.239 e. The first-order valence-corrected chi connectivity index (χ1v) is 6.02. The van der Waals surface area contributed by atoms with Crippen LogP contribution >= 0.6 is 0 Å². The first kappa shape index (κ1) is 11.8. The van der Waals surface area contributed by atoms with Gasteiger partial charge in [0.25, 0.3) is 0 Å². The second-order valence-corrected chi connectivity index (χ2v) is 4.92. The van der Waals surface area contributed by atoms with Crippen molar-refractivity contribution in [3.05, 3.63) is 0 Å². The van der Waals surface area contributed by atoms with E-state index in [9.17, 15) is 4.79 Å². The van der Waals surface area contributed by atoms with E-state index in [1.807, 2.05) is 0 Å². The minimum Gasteiger partial charge on any atom is -0.380 e. The van der Waals surface area contributed by atoms with E-state index >= 15 is 0 Å². The standard InChI is InChI=1S/C11H21N3O2/c12-10(15)11(13,9-2-3-9)8-14-4-1-6-16-7-5-14/h9H,1-8,13H2,(H2,12,15). The van der Waals surface area contributed by atoms with Crippen LogP contribution in [0.15, 0.2) is 0 Å². The predicted octanol–water partition coefficient (Wildman–Crippen LogP) is -0.698. The van der Waals surface area contributed by atoms with Crippen LogP contribution in [0.25, 0.3) is 0 Å². The van der Waals surface area contributed by atoms with Crippen LogP contribution in [0.4, 0.5) is 0 Å². The third-order valence-corrected chi connectivity index (χ3v) is 3.56. The van der Waals surface area contributed by atoms with Crippen molar-refractivity contribution < 1.29 is 9.53 Å². The van der Waals surface area contributed by atoms with Gasteiger partial charge < -0.3 is 16.2 Å². The zero-order chi connectivity index (χ0) is 11.6. The molecule has 4 N–H and O–H groups in total. The molecule has 5 nitrogen and oxygen atoms in total. The molecule has 0 bridgehead atoms. The van der Waals surface area contributed by atoms with Crippen LogP contribution in [0, 0.1) is 5.92 Å². The molecule has 1 atom stereocenters. The average molecular weight is 227 g/mol. The van der Waals surface area contributed by atoms with Crippen molar-refractivity contribution in [3.8, 4) is 0 Å². The van der Waals surface area contributed by atoms with Gasteiger partial charge in [0, 0.05) is 26.2 Å². The first-order chi connectivity index (χ1) is 7.63. The Morgan fingerprint density at radius 2 is 2.12 bits per heavy atom. The van der Waals surface area contributed by atoms with Crippen LogP contribution in [-0.2, 0) is 9.53 Å². The summed E-state index contributed by atoms with van der Waals surface area (Å²) in [6.45, 7) is 3.89. The summed E-state index contributed by atoms with van der Waals surface area (Å²) < 4.78 is 5.38. The number of hydrogen-bond donors (Lipinski definition) is 2. The molecule has 2 aliphatic rings. The van der Waals surface area contributed by atoms with E-state index in [-0.39, 0.29) is 11.8 Å². The molecule has 0 spiro atoms. The maximum Gasteiger partial charge on any atom is 0.239 e. The molecule has 0 aromatic rings. The molecule has 0 aromatic carbocycles. The van der Waals surface area contributed by atoms with Gasteiger partial charge in [-0.05, 0) is 25.2 Å².